The van der Waals surface area contributed by atoms with Gasteiger partial charge in [0.15, 0.2) is 6.61 Å². The molecule has 0 spiro atoms. The molecule has 8 heteroatoms. The molecule has 0 saturated heterocycles. The van der Waals surface area contributed by atoms with Gasteiger partial charge < -0.3 is 10.1 Å². The van der Waals surface area contributed by atoms with Gasteiger partial charge in [-0.2, -0.15) is 5.10 Å². The molecule has 1 aromatic carbocycles. The van der Waals surface area contributed by atoms with Gasteiger partial charge in [-0.15, -0.1) is 0 Å². The van der Waals surface area contributed by atoms with E-state index in [1.165, 1.54) is 10.9 Å². The van der Waals surface area contributed by atoms with Crippen LogP contribution in [0.15, 0.2) is 12.3 Å². The van der Waals surface area contributed by atoms with E-state index >= 15 is 0 Å². The van der Waals surface area contributed by atoms with Crippen molar-refractivity contribution in [1.82, 2.24) is 15.1 Å². The van der Waals surface area contributed by atoms with Crippen LogP contribution in [0.2, 0.25) is 10.0 Å². The summed E-state index contributed by atoms with van der Waals surface area (Å²) in [5, 5.41) is 7.64. The predicted molar refractivity (Wildman–Crippen MR) is 101 cm³/mol. The lowest BCUT2D eigenvalue weighted by molar-refractivity contribution is -0.123. The zero-order valence-electron chi connectivity index (χ0n) is 15.2. The lowest BCUT2D eigenvalue weighted by Crippen LogP contribution is -2.29. The Balaban J connectivity index is 2.41. The maximum Gasteiger partial charge on any atom is 0.257 e. The Labute approximate surface area is 162 Å². The van der Waals surface area contributed by atoms with Crippen LogP contribution in [0.25, 0.3) is 0 Å². The third kappa shape index (κ3) is 4.02. The summed E-state index contributed by atoms with van der Waals surface area (Å²) in [6.45, 7) is 8.04. The number of nitrogens with zero attached hydrogens (tertiary/aromatic N) is 2. The fourth-order valence-electron chi connectivity index (χ4n) is 2.54. The monoisotopic (exact) mass is 397 g/mol. The molecule has 0 fully saturated rings. The zero-order chi connectivity index (χ0) is 19.4. The van der Waals surface area contributed by atoms with Crippen molar-refractivity contribution >= 4 is 34.9 Å². The second-order valence-corrected chi connectivity index (χ2v) is 6.50. The minimum Gasteiger partial charge on any atom is -0.467 e. The van der Waals surface area contributed by atoms with Gasteiger partial charge in [0.25, 0.3) is 5.91 Å². The van der Waals surface area contributed by atoms with E-state index in [0.29, 0.717) is 34.3 Å². The lowest BCUT2D eigenvalue weighted by Gasteiger charge is -2.12. The summed E-state index contributed by atoms with van der Waals surface area (Å²) in [5.74, 6) is -0.362. The highest BCUT2D eigenvalue weighted by molar-refractivity contribution is 6.39. The van der Waals surface area contributed by atoms with Gasteiger partial charge in [-0.05, 0) is 44.9 Å². The molecule has 6 nitrogen and oxygen atoms in total. The number of amides is 1. The summed E-state index contributed by atoms with van der Waals surface area (Å²) >= 11 is 12.5. The first-order valence-electron chi connectivity index (χ1n) is 8.26. The molecule has 1 heterocycles. The van der Waals surface area contributed by atoms with E-state index in [9.17, 15) is 9.59 Å². The van der Waals surface area contributed by atoms with Crippen molar-refractivity contribution in [3.05, 3.63) is 44.6 Å². The highest BCUT2D eigenvalue weighted by atomic mass is 35.5. The van der Waals surface area contributed by atoms with E-state index in [0.717, 1.165) is 5.56 Å². The summed E-state index contributed by atoms with van der Waals surface area (Å²) in [6.07, 6.45) is 1.43. The number of nitrogens with one attached hydrogen (secondary N) is 1. The maximum atomic E-state index is 13.0. The zero-order valence-corrected chi connectivity index (χ0v) is 16.7. The number of carbonyl (C=O) groups is 2. The first-order chi connectivity index (χ1) is 12.3. The van der Waals surface area contributed by atoms with Gasteiger partial charge in [-0.1, -0.05) is 23.2 Å². The Morgan fingerprint density at radius 1 is 1.19 bits per heavy atom. The van der Waals surface area contributed by atoms with Crippen LogP contribution in [-0.4, -0.2) is 34.6 Å². The van der Waals surface area contributed by atoms with E-state index < -0.39 is 0 Å². The third-order valence-corrected chi connectivity index (χ3v) is 4.96. The van der Waals surface area contributed by atoms with Crippen molar-refractivity contribution in [1.29, 1.82) is 0 Å². The van der Waals surface area contributed by atoms with Crippen molar-refractivity contribution in [2.24, 2.45) is 0 Å². The summed E-state index contributed by atoms with van der Waals surface area (Å²) in [7, 11) is 0. The Bertz CT molecular complexity index is 847. The van der Waals surface area contributed by atoms with Crippen LogP contribution < -0.4 is 10.1 Å². The summed E-state index contributed by atoms with van der Waals surface area (Å²) in [6, 6.07) is 1.65. The quantitative estimate of drug-likeness (QED) is 0.724. The second kappa shape index (κ2) is 8.56. The Kier molecular flexibility index (Phi) is 6.67. The average Bonchev–Trinajstić information content (AvgIpc) is 3.03. The molecule has 140 valence electrons. The Morgan fingerprint density at radius 3 is 2.50 bits per heavy atom. The third-order valence-electron chi connectivity index (χ3n) is 3.90. The first kappa shape index (κ1) is 20.3. The molecule has 1 aromatic heterocycles. The van der Waals surface area contributed by atoms with E-state index in [4.69, 9.17) is 27.9 Å². The van der Waals surface area contributed by atoms with Gasteiger partial charge in [-0.3, -0.25) is 9.59 Å². The van der Waals surface area contributed by atoms with Crippen LogP contribution >= 0.6 is 23.2 Å². The normalized spacial score (nSPS) is 10.7. The first-order valence-corrected chi connectivity index (χ1v) is 9.02. The number of aryl methyl sites for hydroxylation is 2. The second-order valence-electron chi connectivity index (χ2n) is 5.74. The van der Waals surface area contributed by atoms with Crippen molar-refractivity contribution in [3.8, 4) is 5.88 Å². The number of halogens is 2. The smallest absolute Gasteiger partial charge is 0.257 e. The van der Waals surface area contributed by atoms with Crippen LogP contribution in [-0.2, 0) is 11.3 Å². The minimum absolute atomic E-state index is 0.202. The molecule has 0 unspecified atom stereocenters. The SMILES string of the molecule is CCNC(=O)COc1c(C(=O)c2cc(C)c(Cl)c(C)c2Cl)cnn1CC. The summed E-state index contributed by atoms with van der Waals surface area (Å²) < 4.78 is 7.10. The number of aromatic nitrogens is 2. The van der Waals surface area contributed by atoms with E-state index in [2.05, 4.69) is 10.4 Å². The number of hydrogen-bond donors (Lipinski definition) is 1. The number of benzene rings is 1. The number of rotatable bonds is 7. The molecule has 1 amide bonds. The van der Waals surface area contributed by atoms with E-state index in [1.807, 2.05) is 20.8 Å². The number of ether oxygens (including phenoxy) is 1. The average molecular weight is 398 g/mol. The standard InChI is InChI=1S/C18H21Cl2N3O3/c1-5-21-14(24)9-26-18-13(8-22-23(18)6-2)17(25)12-7-10(3)15(19)11(4)16(12)20/h7-8H,5-6,9H2,1-4H3,(H,21,24). The molecule has 26 heavy (non-hydrogen) atoms. The highest BCUT2D eigenvalue weighted by Crippen LogP contribution is 2.33. The molecular weight excluding hydrogens is 377 g/mol. The number of hydrogen-bond acceptors (Lipinski definition) is 4. The van der Waals surface area contributed by atoms with Crippen LogP contribution in [0, 0.1) is 13.8 Å². The molecule has 0 atom stereocenters. The molecule has 0 saturated carbocycles. The summed E-state index contributed by atoms with van der Waals surface area (Å²) in [4.78, 5) is 24.7. The van der Waals surface area contributed by atoms with Gasteiger partial charge in [-0.25, -0.2) is 4.68 Å². The van der Waals surface area contributed by atoms with Crippen LogP contribution in [0.1, 0.15) is 40.9 Å². The van der Waals surface area contributed by atoms with Crippen LogP contribution in [0.5, 0.6) is 5.88 Å². The van der Waals surface area contributed by atoms with Crippen molar-refractivity contribution in [2.45, 2.75) is 34.2 Å². The predicted octanol–water partition coefficient (Wildman–Crippen LogP) is 3.57. The van der Waals surface area contributed by atoms with Crippen molar-refractivity contribution in [3.63, 3.8) is 0 Å². The van der Waals surface area contributed by atoms with Gasteiger partial charge in [0.2, 0.25) is 11.7 Å². The van der Waals surface area contributed by atoms with E-state index in [-0.39, 0.29) is 29.7 Å². The van der Waals surface area contributed by atoms with Gasteiger partial charge >= 0.3 is 0 Å². The number of ketones is 1. The molecule has 0 aliphatic carbocycles. The molecule has 2 aromatic rings. The van der Waals surface area contributed by atoms with Gasteiger partial charge in [0.1, 0.15) is 5.56 Å². The van der Waals surface area contributed by atoms with E-state index in [1.54, 1.807) is 13.0 Å². The highest BCUT2D eigenvalue weighted by Gasteiger charge is 2.24. The van der Waals surface area contributed by atoms with Crippen molar-refractivity contribution in [2.75, 3.05) is 13.2 Å². The fraction of sp³-hybridized carbons (Fsp3) is 0.389. The molecule has 1 N–H and O–H groups in total. The Hall–Kier alpha value is -2.05. The van der Waals surface area contributed by atoms with Crippen LogP contribution in [0.3, 0.4) is 0 Å². The number of carbonyl (C=O) groups excluding carboxylic acids is 2. The van der Waals surface area contributed by atoms with Crippen molar-refractivity contribution < 1.29 is 14.3 Å². The maximum absolute atomic E-state index is 13.0. The number of likely N-dealkylation sites (N-methyl/N-ethyl adjacent to an activating group) is 1. The molecule has 2 rings (SSSR count). The molecule has 0 radical (unpaired) electrons. The largest absolute Gasteiger partial charge is 0.467 e. The molecular formula is C18H21Cl2N3O3. The fourth-order valence-corrected chi connectivity index (χ4v) is 2.97. The minimum atomic E-state index is -0.330. The van der Waals surface area contributed by atoms with Gasteiger partial charge in [0, 0.05) is 23.7 Å². The Morgan fingerprint density at radius 2 is 1.88 bits per heavy atom. The molecule has 0 aliphatic rings. The molecule has 0 aliphatic heterocycles. The summed E-state index contributed by atoms with van der Waals surface area (Å²) in [5.41, 5.74) is 1.97. The van der Waals surface area contributed by atoms with Crippen LogP contribution in [0.4, 0.5) is 0 Å². The topological polar surface area (TPSA) is 73.2 Å². The lowest BCUT2D eigenvalue weighted by atomic mass is 10.0. The molecule has 0 bridgehead atoms. The van der Waals surface area contributed by atoms with Gasteiger partial charge in [0.05, 0.1) is 11.2 Å².